The van der Waals surface area contributed by atoms with Gasteiger partial charge in [0.15, 0.2) is 0 Å². The molecule has 0 N–H and O–H groups in total. The van der Waals surface area contributed by atoms with Crippen LogP contribution in [0.1, 0.15) is 43.2 Å². The van der Waals surface area contributed by atoms with Crippen molar-refractivity contribution < 1.29 is 4.79 Å². The molecule has 0 spiro atoms. The minimum absolute atomic E-state index is 0.416. The van der Waals surface area contributed by atoms with Gasteiger partial charge in [-0.3, -0.25) is 9.69 Å². The zero-order valence-electron chi connectivity index (χ0n) is 16.1. The van der Waals surface area contributed by atoms with Crippen molar-refractivity contribution in [2.24, 2.45) is 29.6 Å². The number of hydrogen-bond donors (Lipinski definition) is 0. The number of amides is 1. The third-order valence-corrected chi connectivity index (χ3v) is 7.72. The summed E-state index contributed by atoms with van der Waals surface area (Å²) in [5, 5.41) is 0. The van der Waals surface area contributed by atoms with Crippen molar-refractivity contribution in [3.05, 3.63) is 35.4 Å². The maximum atomic E-state index is 12.9. The summed E-state index contributed by atoms with van der Waals surface area (Å²) in [5.74, 6) is 4.02. The molecule has 2 saturated heterocycles. The summed E-state index contributed by atoms with van der Waals surface area (Å²) in [6.07, 6.45) is 6.41. The van der Waals surface area contributed by atoms with Gasteiger partial charge in [-0.25, -0.2) is 0 Å². The van der Waals surface area contributed by atoms with E-state index in [0.717, 1.165) is 43.3 Å². The number of aryl methyl sites for hydroxylation is 1. The summed E-state index contributed by atoms with van der Waals surface area (Å²) in [6.45, 7) is 7.69. The van der Waals surface area contributed by atoms with Crippen molar-refractivity contribution in [2.45, 2.75) is 45.6 Å². The Morgan fingerprint density at radius 1 is 0.962 bits per heavy atom. The minimum atomic E-state index is 0.416. The Morgan fingerprint density at radius 3 is 2.19 bits per heavy atom. The SMILES string of the molecule is Cc1ccc(CN2C[C@H]3CCN(C(=O)C4C5CCCC54)CC[C@H]3C2)cc1. The number of benzene rings is 1. The van der Waals surface area contributed by atoms with E-state index in [1.165, 1.54) is 56.3 Å². The van der Waals surface area contributed by atoms with Gasteiger partial charge in [-0.15, -0.1) is 0 Å². The molecule has 140 valence electrons. The number of likely N-dealkylation sites (tertiary alicyclic amines) is 2. The molecular weight excluding hydrogens is 320 g/mol. The van der Waals surface area contributed by atoms with E-state index in [1.54, 1.807) is 0 Å². The molecule has 1 aromatic rings. The van der Waals surface area contributed by atoms with E-state index in [0.29, 0.717) is 11.8 Å². The summed E-state index contributed by atoms with van der Waals surface area (Å²) in [4.78, 5) is 17.8. The lowest BCUT2D eigenvalue weighted by Gasteiger charge is -2.23. The molecule has 4 fully saturated rings. The topological polar surface area (TPSA) is 23.6 Å². The van der Waals surface area contributed by atoms with E-state index in [1.807, 2.05) is 0 Å². The zero-order valence-corrected chi connectivity index (χ0v) is 16.1. The van der Waals surface area contributed by atoms with Gasteiger partial charge in [-0.05, 0) is 61.8 Å². The van der Waals surface area contributed by atoms with E-state index < -0.39 is 0 Å². The standard InChI is InChI=1S/C23H32N2O/c1-16-5-7-17(8-6-16)13-24-14-18-9-11-25(12-10-19(18)15-24)23(26)22-20-3-2-4-21(20)22/h5-8,18-22H,2-4,9-15H2,1H3/t18-,19+,20?,21?,22?. The van der Waals surface area contributed by atoms with Crippen LogP contribution in [0.15, 0.2) is 24.3 Å². The molecule has 2 saturated carbocycles. The molecular formula is C23H32N2O. The molecule has 4 atom stereocenters. The lowest BCUT2D eigenvalue weighted by Crippen LogP contribution is -2.35. The molecule has 3 nitrogen and oxygen atoms in total. The van der Waals surface area contributed by atoms with Gasteiger partial charge >= 0.3 is 0 Å². The van der Waals surface area contributed by atoms with Crippen LogP contribution in [0.5, 0.6) is 0 Å². The van der Waals surface area contributed by atoms with Crippen LogP contribution < -0.4 is 0 Å². The summed E-state index contributed by atoms with van der Waals surface area (Å²) >= 11 is 0. The van der Waals surface area contributed by atoms with Crippen molar-refractivity contribution in [2.75, 3.05) is 26.2 Å². The van der Waals surface area contributed by atoms with Crippen LogP contribution >= 0.6 is 0 Å². The number of carbonyl (C=O) groups is 1. The summed E-state index contributed by atoms with van der Waals surface area (Å²) in [5.41, 5.74) is 2.77. The molecule has 2 heterocycles. The number of nitrogens with zero attached hydrogens (tertiary/aromatic N) is 2. The summed E-state index contributed by atoms with van der Waals surface area (Å²) < 4.78 is 0. The molecule has 3 heteroatoms. The molecule has 4 aliphatic rings. The maximum absolute atomic E-state index is 12.9. The van der Waals surface area contributed by atoms with Crippen molar-refractivity contribution >= 4 is 5.91 Å². The van der Waals surface area contributed by atoms with Crippen LogP contribution in [0.25, 0.3) is 0 Å². The van der Waals surface area contributed by atoms with E-state index in [4.69, 9.17) is 0 Å². The Kier molecular flexibility index (Phi) is 4.31. The number of carbonyl (C=O) groups excluding carboxylic acids is 1. The van der Waals surface area contributed by atoms with Crippen LogP contribution in [0, 0.1) is 36.5 Å². The molecule has 2 aliphatic carbocycles. The van der Waals surface area contributed by atoms with E-state index in [2.05, 4.69) is 41.0 Å². The van der Waals surface area contributed by atoms with Crippen LogP contribution in [0.3, 0.4) is 0 Å². The van der Waals surface area contributed by atoms with Gasteiger partial charge in [-0.2, -0.15) is 0 Å². The first-order chi connectivity index (χ1) is 12.7. The molecule has 5 rings (SSSR count). The van der Waals surface area contributed by atoms with Gasteiger partial charge in [0.25, 0.3) is 0 Å². The van der Waals surface area contributed by atoms with E-state index >= 15 is 0 Å². The number of rotatable bonds is 3. The fourth-order valence-electron chi connectivity index (χ4n) is 6.14. The number of hydrogen-bond acceptors (Lipinski definition) is 2. The second-order valence-corrected chi connectivity index (χ2v) is 9.39. The Morgan fingerprint density at radius 2 is 1.58 bits per heavy atom. The largest absolute Gasteiger partial charge is 0.342 e. The van der Waals surface area contributed by atoms with Crippen LogP contribution in [-0.4, -0.2) is 41.9 Å². The Hall–Kier alpha value is -1.35. The van der Waals surface area contributed by atoms with Crippen molar-refractivity contribution in [1.29, 1.82) is 0 Å². The predicted molar refractivity (Wildman–Crippen MR) is 104 cm³/mol. The van der Waals surface area contributed by atoms with Gasteiger partial charge < -0.3 is 4.90 Å². The smallest absolute Gasteiger partial charge is 0.226 e. The Labute approximate surface area is 157 Å². The fraction of sp³-hybridized carbons (Fsp3) is 0.696. The molecule has 0 bridgehead atoms. The second kappa shape index (κ2) is 6.67. The van der Waals surface area contributed by atoms with E-state index in [9.17, 15) is 4.79 Å². The van der Waals surface area contributed by atoms with Gasteiger partial charge in [-0.1, -0.05) is 36.2 Å². The van der Waals surface area contributed by atoms with Gasteiger partial charge in [0.05, 0.1) is 0 Å². The first-order valence-corrected chi connectivity index (χ1v) is 10.8. The molecule has 1 aromatic carbocycles. The van der Waals surface area contributed by atoms with Crippen molar-refractivity contribution in [3.63, 3.8) is 0 Å². The molecule has 2 unspecified atom stereocenters. The summed E-state index contributed by atoms with van der Waals surface area (Å²) in [7, 11) is 0. The van der Waals surface area contributed by atoms with Crippen LogP contribution in [0.4, 0.5) is 0 Å². The quantitative estimate of drug-likeness (QED) is 0.828. The average Bonchev–Trinajstić information content (AvgIpc) is 2.97. The lowest BCUT2D eigenvalue weighted by atomic mass is 9.92. The number of fused-ring (bicyclic) bond motifs is 2. The molecule has 26 heavy (non-hydrogen) atoms. The molecule has 1 amide bonds. The first kappa shape index (κ1) is 16.8. The van der Waals surface area contributed by atoms with E-state index in [-0.39, 0.29) is 0 Å². The first-order valence-electron chi connectivity index (χ1n) is 10.8. The Balaban J connectivity index is 1.15. The zero-order chi connectivity index (χ0) is 17.7. The van der Waals surface area contributed by atoms with Crippen molar-refractivity contribution in [1.82, 2.24) is 9.80 Å². The van der Waals surface area contributed by atoms with Crippen LogP contribution in [0.2, 0.25) is 0 Å². The van der Waals surface area contributed by atoms with Crippen molar-refractivity contribution in [3.8, 4) is 0 Å². The van der Waals surface area contributed by atoms with Gasteiger partial charge in [0.1, 0.15) is 0 Å². The highest BCUT2D eigenvalue weighted by Crippen LogP contribution is 2.58. The average molecular weight is 353 g/mol. The van der Waals surface area contributed by atoms with Crippen LogP contribution in [-0.2, 0) is 11.3 Å². The third-order valence-electron chi connectivity index (χ3n) is 7.72. The fourth-order valence-corrected chi connectivity index (χ4v) is 6.14. The van der Waals surface area contributed by atoms with Gasteiger partial charge in [0, 0.05) is 38.6 Å². The predicted octanol–water partition coefficient (Wildman–Crippen LogP) is 3.71. The molecule has 2 aliphatic heterocycles. The third kappa shape index (κ3) is 3.09. The lowest BCUT2D eigenvalue weighted by molar-refractivity contribution is -0.133. The highest BCUT2D eigenvalue weighted by atomic mass is 16.2. The second-order valence-electron chi connectivity index (χ2n) is 9.39. The molecule has 0 aromatic heterocycles. The minimum Gasteiger partial charge on any atom is -0.342 e. The highest BCUT2D eigenvalue weighted by Gasteiger charge is 2.57. The van der Waals surface area contributed by atoms with Gasteiger partial charge in [0.2, 0.25) is 5.91 Å². The highest BCUT2D eigenvalue weighted by molar-refractivity contribution is 5.82. The maximum Gasteiger partial charge on any atom is 0.226 e. The molecule has 0 radical (unpaired) electrons. The Bertz CT molecular complexity index is 643. The normalized spacial score (nSPS) is 36.5. The monoisotopic (exact) mass is 352 g/mol. The summed E-state index contributed by atoms with van der Waals surface area (Å²) in [6, 6.07) is 8.99.